The number of thioether (sulfide) groups is 1. The van der Waals surface area contributed by atoms with Gasteiger partial charge in [0.05, 0.1) is 12.1 Å². The van der Waals surface area contributed by atoms with Gasteiger partial charge in [-0.3, -0.25) is 0 Å². The lowest BCUT2D eigenvalue weighted by Gasteiger charge is -2.17. The van der Waals surface area contributed by atoms with Gasteiger partial charge in [0.15, 0.2) is 22.1 Å². The highest BCUT2D eigenvalue weighted by Gasteiger charge is 2.44. The molecule has 9 nitrogen and oxygen atoms in total. The molecule has 0 saturated heterocycles. The molecule has 0 spiro atoms. The lowest BCUT2D eigenvalue weighted by molar-refractivity contribution is 0.00392. The van der Waals surface area contributed by atoms with E-state index in [-0.39, 0.29) is 12.0 Å². The zero-order chi connectivity index (χ0) is 22.9. The van der Waals surface area contributed by atoms with E-state index in [9.17, 15) is 10.2 Å². The van der Waals surface area contributed by atoms with Gasteiger partial charge in [-0.1, -0.05) is 54.2 Å². The molecule has 5 rings (SSSR count). The minimum absolute atomic E-state index is 0.0688. The van der Waals surface area contributed by atoms with Crippen LogP contribution in [0.2, 0.25) is 0 Å². The lowest BCUT2D eigenvalue weighted by Crippen LogP contribution is -2.30. The Hall–Kier alpha value is -2.27. The van der Waals surface area contributed by atoms with Crippen molar-refractivity contribution in [3.8, 4) is 0 Å². The molecule has 0 bridgehead atoms. The summed E-state index contributed by atoms with van der Waals surface area (Å²) in [6.45, 7) is 2.59. The molecular weight excluding hydrogens is 438 g/mol. The highest BCUT2D eigenvalue weighted by Crippen LogP contribution is 2.44. The first-order chi connectivity index (χ1) is 16.1. The molecule has 33 heavy (non-hydrogen) atoms. The minimum Gasteiger partial charge on any atom is -0.390 e. The molecule has 0 radical (unpaired) electrons. The summed E-state index contributed by atoms with van der Waals surface area (Å²) in [5.41, 5.74) is 8.21. The third kappa shape index (κ3) is 4.44. The third-order valence-corrected chi connectivity index (χ3v) is 7.75. The Morgan fingerprint density at radius 1 is 1.15 bits per heavy atom. The van der Waals surface area contributed by atoms with Crippen LogP contribution in [0, 0.1) is 5.92 Å². The first-order valence-electron chi connectivity index (χ1n) is 11.7. The second kappa shape index (κ2) is 9.54. The Kier molecular flexibility index (Phi) is 6.51. The summed E-state index contributed by atoms with van der Waals surface area (Å²) in [5.74, 6) is 1.97. The maximum absolute atomic E-state index is 10.7. The first kappa shape index (κ1) is 22.5. The van der Waals surface area contributed by atoms with Crippen molar-refractivity contribution in [3.05, 3.63) is 35.9 Å². The number of fused-ring (bicyclic) bond motifs is 1. The van der Waals surface area contributed by atoms with Gasteiger partial charge in [-0.2, -0.15) is 0 Å². The molecule has 2 heterocycles. The molecule has 2 aromatic heterocycles. The fourth-order valence-electron chi connectivity index (χ4n) is 4.83. The van der Waals surface area contributed by atoms with Gasteiger partial charge in [0, 0.05) is 17.7 Å². The van der Waals surface area contributed by atoms with E-state index < -0.39 is 18.2 Å². The fraction of sp³-hybridized carbons (Fsp3) is 0.565. The van der Waals surface area contributed by atoms with Crippen molar-refractivity contribution in [2.45, 2.75) is 68.0 Å². The molecule has 2 aliphatic rings. The molecule has 3 aromatic rings. The average Bonchev–Trinajstić information content (AvgIpc) is 3.39. The van der Waals surface area contributed by atoms with E-state index in [1.54, 1.807) is 16.4 Å². The van der Waals surface area contributed by atoms with Crippen molar-refractivity contribution in [3.63, 3.8) is 0 Å². The van der Waals surface area contributed by atoms with Crippen LogP contribution in [0.15, 0.2) is 35.5 Å². The van der Waals surface area contributed by atoms with Crippen LogP contribution >= 0.6 is 11.8 Å². The van der Waals surface area contributed by atoms with Gasteiger partial charge in [-0.25, -0.2) is 14.6 Å². The van der Waals surface area contributed by atoms with Crippen molar-refractivity contribution < 1.29 is 10.2 Å². The van der Waals surface area contributed by atoms with E-state index in [2.05, 4.69) is 46.8 Å². The number of nitrogens with zero attached hydrogens (tertiary/aromatic N) is 5. The van der Waals surface area contributed by atoms with E-state index in [1.165, 1.54) is 5.56 Å². The Balaban J connectivity index is 1.45. The molecule has 2 unspecified atom stereocenters. The predicted molar refractivity (Wildman–Crippen MR) is 128 cm³/mol. The number of nitrogens with one attached hydrogen (secondary N) is 1. The van der Waals surface area contributed by atoms with Gasteiger partial charge in [-0.05, 0) is 43.7 Å². The number of aliphatic hydroxyl groups is 2. The van der Waals surface area contributed by atoms with Gasteiger partial charge in [0.1, 0.15) is 6.10 Å². The third-order valence-electron chi connectivity index (χ3n) is 6.70. The number of nitrogens with two attached hydrogens (primary N) is 1. The molecule has 5 N–H and O–H groups in total. The molecule has 6 atom stereocenters. The first-order valence-corrected chi connectivity index (χ1v) is 12.7. The van der Waals surface area contributed by atoms with E-state index in [0.29, 0.717) is 47.4 Å². The SMILES string of the molecule is CCCSc1nc(NC2CC2c2ccccc2)c2nnn([C@H]3C[C@@H](CCN)[C@H](O)[C@@H]3O)c2n1. The summed E-state index contributed by atoms with van der Waals surface area (Å²) in [4.78, 5) is 9.51. The van der Waals surface area contributed by atoms with Crippen LogP contribution in [-0.4, -0.2) is 65.7 Å². The monoisotopic (exact) mass is 469 g/mol. The number of hydrogen-bond acceptors (Lipinski definition) is 9. The van der Waals surface area contributed by atoms with Crippen LogP contribution in [0.25, 0.3) is 11.2 Å². The topological polar surface area (TPSA) is 135 Å². The summed E-state index contributed by atoms with van der Waals surface area (Å²) in [6, 6.07) is 10.4. The Labute approximate surface area is 197 Å². The predicted octanol–water partition coefficient (Wildman–Crippen LogP) is 2.32. The Morgan fingerprint density at radius 3 is 2.73 bits per heavy atom. The van der Waals surface area contributed by atoms with E-state index in [1.807, 2.05) is 6.07 Å². The number of anilines is 1. The van der Waals surface area contributed by atoms with Crippen molar-refractivity contribution >= 4 is 28.7 Å². The summed E-state index contributed by atoms with van der Waals surface area (Å²) < 4.78 is 1.67. The summed E-state index contributed by atoms with van der Waals surface area (Å²) in [6.07, 6.45) is 1.53. The van der Waals surface area contributed by atoms with Crippen molar-refractivity contribution in [1.82, 2.24) is 25.0 Å². The lowest BCUT2D eigenvalue weighted by atomic mass is 10.0. The summed E-state index contributed by atoms with van der Waals surface area (Å²) in [7, 11) is 0. The second-order valence-electron chi connectivity index (χ2n) is 9.03. The second-order valence-corrected chi connectivity index (χ2v) is 10.1. The summed E-state index contributed by atoms with van der Waals surface area (Å²) in [5, 5.41) is 34.2. The summed E-state index contributed by atoms with van der Waals surface area (Å²) >= 11 is 1.60. The molecule has 2 fully saturated rings. The van der Waals surface area contributed by atoms with Gasteiger partial charge < -0.3 is 21.3 Å². The van der Waals surface area contributed by atoms with Gasteiger partial charge in [-0.15, -0.1) is 5.10 Å². The number of aromatic nitrogens is 5. The Morgan fingerprint density at radius 2 is 1.97 bits per heavy atom. The molecule has 2 aliphatic carbocycles. The number of aliphatic hydroxyl groups excluding tert-OH is 2. The molecule has 2 saturated carbocycles. The standard InChI is InChI=1S/C23H31N7O2S/c1-2-10-33-23-26-21(25-16-12-15(16)13-6-4-3-5-7-13)18-22(27-23)30(29-28-18)17-11-14(8-9-24)19(31)20(17)32/h3-7,14-17,19-20,31-32H,2,8-12,24H2,1H3,(H,25,26,27)/t14-,15?,16?,17+,19+,20-/m1/s1. The maximum Gasteiger partial charge on any atom is 0.191 e. The van der Waals surface area contributed by atoms with E-state index in [0.717, 1.165) is 18.6 Å². The number of benzene rings is 1. The van der Waals surface area contributed by atoms with Gasteiger partial charge in [0.25, 0.3) is 0 Å². The molecule has 176 valence electrons. The van der Waals surface area contributed by atoms with E-state index in [4.69, 9.17) is 15.7 Å². The zero-order valence-electron chi connectivity index (χ0n) is 18.7. The Bertz CT molecular complexity index is 1100. The van der Waals surface area contributed by atoms with Crippen LogP contribution in [0.5, 0.6) is 0 Å². The van der Waals surface area contributed by atoms with Crippen LogP contribution in [0.1, 0.15) is 50.1 Å². The minimum atomic E-state index is -0.935. The molecular formula is C23H31N7O2S. The normalized spacial score (nSPS) is 29.0. The van der Waals surface area contributed by atoms with Crippen LogP contribution < -0.4 is 11.1 Å². The maximum atomic E-state index is 10.7. The smallest absolute Gasteiger partial charge is 0.191 e. The van der Waals surface area contributed by atoms with Gasteiger partial charge in [0.2, 0.25) is 0 Å². The van der Waals surface area contributed by atoms with Crippen LogP contribution in [-0.2, 0) is 0 Å². The molecule has 0 amide bonds. The van der Waals surface area contributed by atoms with Crippen molar-refractivity contribution in [2.24, 2.45) is 11.7 Å². The zero-order valence-corrected chi connectivity index (χ0v) is 19.5. The van der Waals surface area contributed by atoms with E-state index >= 15 is 0 Å². The number of hydrogen-bond donors (Lipinski definition) is 4. The largest absolute Gasteiger partial charge is 0.390 e. The van der Waals surface area contributed by atoms with Crippen molar-refractivity contribution in [2.75, 3.05) is 17.6 Å². The number of rotatable bonds is 9. The molecule has 1 aromatic carbocycles. The molecule has 10 heteroatoms. The van der Waals surface area contributed by atoms with Crippen LogP contribution in [0.4, 0.5) is 5.82 Å². The fourth-order valence-corrected chi connectivity index (χ4v) is 5.53. The highest BCUT2D eigenvalue weighted by atomic mass is 32.2. The highest BCUT2D eigenvalue weighted by molar-refractivity contribution is 7.99. The van der Waals surface area contributed by atoms with Crippen LogP contribution in [0.3, 0.4) is 0 Å². The van der Waals surface area contributed by atoms with Gasteiger partial charge >= 0.3 is 0 Å². The quantitative estimate of drug-likeness (QED) is 0.275. The molecule has 0 aliphatic heterocycles. The average molecular weight is 470 g/mol. The van der Waals surface area contributed by atoms with Crippen molar-refractivity contribution in [1.29, 1.82) is 0 Å².